The highest BCUT2D eigenvalue weighted by atomic mass is 32.2. The molecule has 1 saturated heterocycles. The van der Waals surface area contributed by atoms with Crippen LogP contribution in [0.1, 0.15) is 39.2 Å². The van der Waals surface area contributed by atoms with Gasteiger partial charge in [0.1, 0.15) is 5.60 Å². The lowest BCUT2D eigenvalue weighted by Gasteiger charge is -2.41. The first-order chi connectivity index (χ1) is 12.5. The average Bonchev–Trinajstić information content (AvgIpc) is 2.53. The predicted octanol–water partition coefficient (Wildman–Crippen LogP) is 2.52. The second kappa shape index (κ2) is 8.58. The van der Waals surface area contributed by atoms with E-state index in [4.69, 9.17) is 9.47 Å². The number of sulfonamides is 1. The van der Waals surface area contributed by atoms with Gasteiger partial charge in [0.05, 0.1) is 25.0 Å². The van der Waals surface area contributed by atoms with Crippen molar-refractivity contribution in [2.24, 2.45) is 0 Å². The molecule has 0 saturated carbocycles. The maximum Gasteiger partial charge on any atom is 0.408 e. The van der Waals surface area contributed by atoms with E-state index >= 15 is 0 Å². The Morgan fingerprint density at radius 1 is 1.19 bits per heavy atom. The van der Waals surface area contributed by atoms with Gasteiger partial charge < -0.3 is 14.8 Å². The van der Waals surface area contributed by atoms with Gasteiger partial charge in [0, 0.05) is 13.1 Å². The van der Waals surface area contributed by atoms with Gasteiger partial charge in [0.15, 0.2) is 0 Å². The highest BCUT2D eigenvalue weighted by molar-refractivity contribution is 7.88. The van der Waals surface area contributed by atoms with Crippen molar-refractivity contribution in [3.63, 3.8) is 0 Å². The summed E-state index contributed by atoms with van der Waals surface area (Å²) in [6, 6.07) is 9.77. The van der Waals surface area contributed by atoms with Crippen molar-refractivity contribution in [2.75, 3.05) is 26.0 Å². The van der Waals surface area contributed by atoms with E-state index in [0.29, 0.717) is 39.1 Å². The molecule has 0 aliphatic carbocycles. The van der Waals surface area contributed by atoms with Crippen LogP contribution in [0.25, 0.3) is 0 Å². The lowest BCUT2D eigenvalue weighted by molar-refractivity contribution is 0.0119. The molecule has 1 aliphatic rings. The number of rotatable bonds is 6. The third kappa shape index (κ3) is 7.12. The summed E-state index contributed by atoms with van der Waals surface area (Å²) in [5, 5.41) is 2.94. The zero-order valence-electron chi connectivity index (χ0n) is 16.5. The molecule has 27 heavy (non-hydrogen) atoms. The largest absolute Gasteiger partial charge is 0.444 e. The number of piperidine rings is 1. The average molecular weight is 399 g/mol. The summed E-state index contributed by atoms with van der Waals surface area (Å²) in [6.07, 6.45) is 1.62. The highest BCUT2D eigenvalue weighted by Gasteiger charge is 2.39. The topological polar surface area (TPSA) is 84.9 Å². The van der Waals surface area contributed by atoms with E-state index in [1.807, 2.05) is 30.3 Å². The summed E-state index contributed by atoms with van der Waals surface area (Å²) in [4.78, 5) is 12.3. The van der Waals surface area contributed by atoms with Crippen LogP contribution in [0.3, 0.4) is 0 Å². The normalized spacial score (nSPS) is 18.1. The fourth-order valence-electron chi connectivity index (χ4n) is 3.01. The maximum atomic E-state index is 12.3. The lowest BCUT2D eigenvalue weighted by atomic mass is 9.89. The van der Waals surface area contributed by atoms with Crippen LogP contribution in [0.2, 0.25) is 0 Å². The van der Waals surface area contributed by atoms with Crippen LogP contribution in [-0.2, 0) is 26.1 Å². The van der Waals surface area contributed by atoms with Crippen LogP contribution in [0.4, 0.5) is 4.79 Å². The van der Waals surface area contributed by atoms with Crippen LogP contribution in [0, 0.1) is 0 Å². The molecule has 1 aliphatic heterocycles. The number of hydrogen-bond donors (Lipinski definition) is 1. The fraction of sp³-hybridized carbons (Fsp3) is 0.632. The molecular weight excluding hydrogens is 368 g/mol. The summed E-state index contributed by atoms with van der Waals surface area (Å²) in [5.74, 6) is 0. The molecule has 0 bridgehead atoms. The zero-order valence-corrected chi connectivity index (χ0v) is 17.3. The molecule has 1 N–H and O–H groups in total. The van der Waals surface area contributed by atoms with E-state index < -0.39 is 27.3 Å². The molecular formula is C19H30N2O5S. The summed E-state index contributed by atoms with van der Waals surface area (Å²) in [5.41, 5.74) is -0.222. The van der Waals surface area contributed by atoms with E-state index in [1.54, 1.807) is 20.8 Å². The molecule has 0 atom stereocenters. The molecule has 0 unspecified atom stereocenters. The summed E-state index contributed by atoms with van der Waals surface area (Å²) >= 11 is 0. The number of carbonyl (C=O) groups is 1. The zero-order chi connectivity index (χ0) is 20.1. The molecule has 2 rings (SSSR count). The van der Waals surface area contributed by atoms with Crippen molar-refractivity contribution in [2.45, 2.75) is 51.4 Å². The molecule has 1 amide bonds. The third-order valence-corrected chi connectivity index (χ3v) is 5.71. The van der Waals surface area contributed by atoms with Crippen LogP contribution in [0.5, 0.6) is 0 Å². The van der Waals surface area contributed by atoms with Gasteiger partial charge in [-0.05, 0) is 39.2 Å². The van der Waals surface area contributed by atoms with E-state index in [9.17, 15) is 13.2 Å². The van der Waals surface area contributed by atoms with Gasteiger partial charge in [0.2, 0.25) is 10.0 Å². The molecule has 7 nitrogen and oxygen atoms in total. The van der Waals surface area contributed by atoms with E-state index in [2.05, 4.69) is 5.32 Å². The first kappa shape index (κ1) is 21.7. The Kier molecular flexibility index (Phi) is 6.88. The van der Waals surface area contributed by atoms with E-state index in [1.165, 1.54) is 10.6 Å². The number of alkyl carbamates (subject to hydrolysis) is 1. The first-order valence-electron chi connectivity index (χ1n) is 9.07. The first-order valence-corrected chi connectivity index (χ1v) is 10.9. The quantitative estimate of drug-likeness (QED) is 0.796. The Hall–Kier alpha value is -1.64. The number of hydrogen-bond acceptors (Lipinski definition) is 5. The molecule has 8 heteroatoms. The summed E-state index contributed by atoms with van der Waals surface area (Å²) in [7, 11) is -3.25. The Morgan fingerprint density at radius 3 is 2.30 bits per heavy atom. The molecule has 0 spiro atoms. The molecule has 0 radical (unpaired) electrons. The number of nitrogens with one attached hydrogen (secondary N) is 1. The Labute approximate surface area is 162 Å². The molecule has 1 aromatic carbocycles. The van der Waals surface area contributed by atoms with Crippen LogP contribution >= 0.6 is 0 Å². The van der Waals surface area contributed by atoms with Gasteiger partial charge in [0.25, 0.3) is 0 Å². The van der Waals surface area contributed by atoms with Crippen LogP contribution in [-0.4, -0.2) is 55.9 Å². The predicted molar refractivity (Wildman–Crippen MR) is 104 cm³/mol. The SMILES string of the molecule is CC(C)(C)OC(=O)NC1(COCc2ccccc2)CCN(S(C)(=O)=O)CC1. The maximum absolute atomic E-state index is 12.3. The standard InChI is InChI=1S/C19H30N2O5S/c1-18(2,3)26-17(22)20-19(10-12-21(13-11-19)27(4,23)24)15-25-14-16-8-6-5-7-9-16/h5-9H,10-15H2,1-4H3,(H,20,22). The molecule has 1 aromatic rings. The van der Waals surface area contributed by atoms with Gasteiger partial charge in [-0.2, -0.15) is 0 Å². The smallest absolute Gasteiger partial charge is 0.408 e. The van der Waals surface area contributed by atoms with Crippen molar-refractivity contribution in [3.05, 3.63) is 35.9 Å². The second-order valence-corrected chi connectivity index (χ2v) is 10.0. The van der Waals surface area contributed by atoms with Gasteiger partial charge in [-0.25, -0.2) is 17.5 Å². The number of carbonyl (C=O) groups excluding carboxylic acids is 1. The minimum absolute atomic E-state index is 0.290. The third-order valence-electron chi connectivity index (χ3n) is 4.40. The Bertz CT molecular complexity index is 720. The van der Waals surface area contributed by atoms with Gasteiger partial charge >= 0.3 is 6.09 Å². The second-order valence-electron chi connectivity index (χ2n) is 8.05. The van der Waals surface area contributed by atoms with Crippen molar-refractivity contribution in [1.82, 2.24) is 9.62 Å². The van der Waals surface area contributed by atoms with Crippen LogP contribution in [0.15, 0.2) is 30.3 Å². The minimum Gasteiger partial charge on any atom is -0.444 e. The highest BCUT2D eigenvalue weighted by Crippen LogP contribution is 2.25. The van der Waals surface area contributed by atoms with E-state index in [-0.39, 0.29) is 0 Å². The summed E-state index contributed by atoms with van der Waals surface area (Å²) in [6.45, 7) is 6.80. The van der Waals surface area contributed by atoms with Gasteiger partial charge in [-0.1, -0.05) is 30.3 Å². The number of amides is 1. The number of ether oxygens (including phenoxy) is 2. The lowest BCUT2D eigenvalue weighted by Crippen LogP contribution is -2.59. The number of benzene rings is 1. The molecule has 152 valence electrons. The molecule has 1 fully saturated rings. The number of nitrogens with zero attached hydrogens (tertiary/aromatic N) is 1. The monoisotopic (exact) mass is 398 g/mol. The van der Waals surface area contributed by atoms with Crippen molar-refractivity contribution >= 4 is 16.1 Å². The van der Waals surface area contributed by atoms with E-state index in [0.717, 1.165) is 5.56 Å². The summed E-state index contributed by atoms with van der Waals surface area (Å²) < 4.78 is 36.3. The van der Waals surface area contributed by atoms with Gasteiger partial charge in [-0.15, -0.1) is 0 Å². The van der Waals surface area contributed by atoms with Crippen molar-refractivity contribution in [3.8, 4) is 0 Å². The molecule has 0 aromatic heterocycles. The fourth-order valence-corrected chi connectivity index (χ4v) is 3.86. The van der Waals surface area contributed by atoms with Gasteiger partial charge in [-0.3, -0.25) is 0 Å². The Morgan fingerprint density at radius 2 is 1.78 bits per heavy atom. The van der Waals surface area contributed by atoms with Crippen molar-refractivity contribution < 1.29 is 22.7 Å². The minimum atomic E-state index is -3.25. The Balaban J connectivity index is 2.03. The van der Waals surface area contributed by atoms with Crippen LogP contribution < -0.4 is 5.32 Å². The molecule has 1 heterocycles. The van der Waals surface area contributed by atoms with Crippen molar-refractivity contribution in [1.29, 1.82) is 0 Å².